The largest absolute Gasteiger partial charge is 0.492 e. The van der Waals surface area contributed by atoms with Crippen LogP contribution in [0.1, 0.15) is 39.1 Å². The van der Waals surface area contributed by atoms with Crippen molar-refractivity contribution in [2.45, 2.75) is 30.3 Å². The quantitative estimate of drug-likeness (QED) is 0.452. The summed E-state index contributed by atoms with van der Waals surface area (Å²) >= 11 is 0. The Morgan fingerprint density at radius 2 is 1.78 bits per heavy atom. The summed E-state index contributed by atoms with van der Waals surface area (Å²) in [5.74, 6) is -2.04. The number of ether oxygens (including phenoxy) is 1. The molecule has 1 saturated heterocycles. The molecule has 0 radical (unpaired) electrons. The van der Waals surface area contributed by atoms with Crippen LogP contribution in [0, 0.1) is 0 Å². The minimum absolute atomic E-state index is 0.0109. The number of anilines is 1. The van der Waals surface area contributed by atoms with Crippen LogP contribution < -0.4 is 9.64 Å². The highest BCUT2D eigenvalue weighted by Crippen LogP contribution is 2.34. The monoisotopic (exact) mass is 520 g/mol. The van der Waals surface area contributed by atoms with Crippen LogP contribution in [0.25, 0.3) is 0 Å². The lowest BCUT2D eigenvalue weighted by molar-refractivity contribution is -0.114. The molecule has 1 atom stereocenters. The molecule has 190 valence electrons. The number of benzene rings is 3. The summed E-state index contributed by atoms with van der Waals surface area (Å²) in [6, 6.07) is 19.0. The molecule has 1 fully saturated rings. The Bertz CT molecular complexity index is 1490. The third-order valence-corrected chi connectivity index (χ3v) is 8.52. The van der Waals surface area contributed by atoms with E-state index in [1.807, 2.05) is 18.2 Å². The molecule has 0 spiro atoms. The minimum atomic E-state index is -3.94. The molecule has 9 nitrogen and oxygen atoms in total. The number of ketones is 1. The maximum absolute atomic E-state index is 13.5. The van der Waals surface area contributed by atoms with Gasteiger partial charge in [-0.3, -0.25) is 9.59 Å². The van der Waals surface area contributed by atoms with Crippen molar-refractivity contribution >= 4 is 33.4 Å². The zero-order chi connectivity index (χ0) is 26.2. The second-order valence-electron chi connectivity index (χ2n) is 8.94. The molecule has 5 rings (SSSR count). The number of hydrogen-bond acceptors (Lipinski definition) is 6. The Balaban J connectivity index is 1.38. The molecule has 2 aliphatic heterocycles. The Morgan fingerprint density at radius 3 is 2.54 bits per heavy atom. The number of carboxylic acid groups (broad SMARTS) is 1. The number of Topliss-reactive ketones (excluding diaryl/α,β-unsaturated/α-hetero) is 1. The summed E-state index contributed by atoms with van der Waals surface area (Å²) in [7, 11) is -3.94. The van der Waals surface area contributed by atoms with Crippen LogP contribution in [0.3, 0.4) is 0 Å². The zero-order valence-electron chi connectivity index (χ0n) is 19.7. The van der Waals surface area contributed by atoms with Crippen molar-refractivity contribution in [2.24, 2.45) is 0 Å². The molecular weight excluding hydrogens is 496 g/mol. The fraction of sp³-hybridized carbons (Fsp3) is 0.222. The van der Waals surface area contributed by atoms with Gasteiger partial charge in [-0.25, -0.2) is 13.2 Å². The van der Waals surface area contributed by atoms with E-state index in [1.165, 1.54) is 39.5 Å². The van der Waals surface area contributed by atoms with Crippen molar-refractivity contribution in [2.75, 3.05) is 18.1 Å². The van der Waals surface area contributed by atoms with Gasteiger partial charge in [0.25, 0.3) is 11.7 Å². The molecule has 0 saturated carbocycles. The van der Waals surface area contributed by atoms with Crippen LogP contribution in [0.2, 0.25) is 0 Å². The van der Waals surface area contributed by atoms with Crippen molar-refractivity contribution in [3.05, 3.63) is 89.5 Å². The van der Waals surface area contributed by atoms with E-state index in [0.717, 1.165) is 0 Å². The Labute approximate surface area is 213 Å². The molecule has 37 heavy (non-hydrogen) atoms. The van der Waals surface area contributed by atoms with Gasteiger partial charge in [0.1, 0.15) is 12.4 Å². The van der Waals surface area contributed by atoms with Gasteiger partial charge in [0.05, 0.1) is 34.3 Å². The fourth-order valence-electron chi connectivity index (χ4n) is 4.72. The molecule has 0 unspecified atom stereocenters. The highest BCUT2D eigenvalue weighted by atomic mass is 32.2. The number of fused-ring (bicyclic) bond motifs is 1. The maximum Gasteiger partial charge on any atom is 0.335 e. The lowest BCUT2D eigenvalue weighted by atomic mass is 10.1. The van der Waals surface area contributed by atoms with E-state index in [4.69, 9.17) is 4.74 Å². The molecule has 0 aromatic heterocycles. The van der Waals surface area contributed by atoms with Gasteiger partial charge in [-0.1, -0.05) is 30.3 Å². The number of nitrogens with zero attached hydrogens (tertiary/aromatic N) is 2. The van der Waals surface area contributed by atoms with Crippen LogP contribution in [0.15, 0.2) is 77.7 Å². The van der Waals surface area contributed by atoms with Crippen molar-refractivity contribution < 1.29 is 32.6 Å². The molecule has 1 N–H and O–H groups in total. The number of amides is 1. The molecule has 2 aliphatic rings. The molecule has 10 heteroatoms. The lowest BCUT2D eigenvalue weighted by Crippen LogP contribution is -2.39. The summed E-state index contributed by atoms with van der Waals surface area (Å²) in [5, 5.41) is 9.23. The summed E-state index contributed by atoms with van der Waals surface area (Å²) in [4.78, 5) is 38.0. The second-order valence-corrected chi connectivity index (χ2v) is 10.8. The number of rotatable bonds is 8. The summed E-state index contributed by atoms with van der Waals surface area (Å²) in [6.07, 6.45) is 1.34. The van der Waals surface area contributed by atoms with Crippen molar-refractivity contribution in [1.29, 1.82) is 0 Å². The highest BCUT2D eigenvalue weighted by Gasteiger charge is 2.40. The van der Waals surface area contributed by atoms with E-state index in [9.17, 15) is 27.9 Å². The Kier molecular flexibility index (Phi) is 6.53. The first-order valence-electron chi connectivity index (χ1n) is 11.8. The van der Waals surface area contributed by atoms with Gasteiger partial charge in [0.2, 0.25) is 10.0 Å². The van der Waals surface area contributed by atoms with Crippen LogP contribution in [-0.4, -0.2) is 54.7 Å². The number of sulfonamides is 1. The predicted molar refractivity (Wildman–Crippen MR) is 134 cm³/mol. The van der Waals surface area contributed by atoms with E-state index in [2.05, 4.69) is 0 Å². The number of para-hydroxylation sites is 1. The van der Waals surface area contributed by atoms with Crippen molar-refractivity contribution in [1.82, 2.24) is 4.31 Å². The van der Waals surface area contributed by atoms with Crippen molar-refractivity contribution in [3.8, 4) is 5.75 Å². The van der Waals surface area contributed by atoms with Gasteiger partial charge in [-0.05, 0) is 60.9 Å². The first kappa shape index (κ1) is 24.7. The molecule has 0 bridgehead atoms. The number of aromatic carboxylic acids is 1. The van der Waals surface area contributed by atoms with E-state index in [0.29, 0.717) is 36.4 Å². The maximum atomic E-state index is 13.5. The average molecular weight is 521 g/mol. The molecule has 3 aromatic carbocycles. The molecule has 2 heterocycles. The van der Waals surface area contributed by atoms with Gasteiger partial charge in [-0.15, -0.1) is 0 Å². The van der Waals surface area contributed by atoms with E-state index < -0.39 is 27.7 Å². The summed E-state index contributed by atoms with van der Waals surface area (Å²) in [6.45, 7) is 0.520. The topological polar surface area (TPSA) is 121 Å². The third-order valence-electron chi connectivity index (χ3n) is 6.57. The number of carbonyl (C=O) groups is 3. The molecule has 3 aromatic rings. The minimum Gasteiger partial charge on any atom is -0.492 e. The molecule has 0 aliphatic carbocycles. The Morgan fingerprint density at radius 1 is 1.00 bits per heavy atom. The Hall–Kier alpha value is -4.02. The second kappa shape index (κ2) is 9.79. The molecule has 1 amide bonds. The summed E-state index contributed by atoms with van der Waals surface area (Å²) in [5.41, 5.74) is 0.897. The number of carbonyl (C=O) groups excluding carboxylic acids is 2. The average Bonchev–Trinajstić information content (AvgIpc) is 3.48. The van der Waals surface area contributed by atoms with Crippen LogP contribution >= 0.6 is 0 Å². The number of carboxylic acids is 1. The number of hydrogen-bond donors (Lipinski definition) is 1. The van der Waals surface area contributed by atoms with Gasteiger partial charge < -0.3 is 14.7 Å². The van der Waals surface area contributed by atoms with Crippen LogP contribution in [-0.2, 0) is 21.4 Å². The zero-order valence-corrected chi connectivity index (χ0v) is 20.6. The van der Waals surface area contributed by atoms with E-state index in [1.54, 1.807) is 24.3 Å². The van der Waals surface area contributed by atoms with Gasteiger partial charge >= 0.3 is 5.97 Å². The standard InChI is InChI=1S/C27H24N2O7S/c30-25-23-15-22(37(34,35)29-13-5-8-20(29)17-36-21-9-2-1-3-10-21)11-12-24(23)28(26(25)31)16-18-6-4-7-19(14-18)27(32)33/h1-4,6-7,9-12,14-15,20H,5,8,13,16-17H2,(H,32,33)/t20-/m0/s1. The normalized spacial score (nSPS) is 17.7. The SMILES string of the molecule is O=C(O)c1cccc(CN2C(=O)C(=O)c3cc(S(=O)(=O)N4CCC[C@H]4COc4ccccc4)ccc32)c1. The predicted octanol–water partition coefficient (Wildman–Crippen LogP) is 3.35. The first-order chi connectivity index (χ1) is 17.8. The molecular formula is C27H24N2O7S. The first-order valence-corrected chi connectivity index (χ1v) is 13.2. The van der Waals surface area contributed by atoms with E-state index in [-0.39, 0.29) is 35.2 Å². The van der Waals surface area contributed by atoms with Crippen LogP contribution in [0.5, 0.6) is 5.75 Å². The van der Waals surface area contributed by atoms with Gasteiger partial charge in [-0.2, -0.15) is 4.31 Å². The summed E-state index contributed by atoms with van der Waals surface area (Å²) < 4.78 is 34.2. The van der Waals surface area contributed by atoms with Gasteiger partial charge in [0.15, 0.2) is 0 Å². The van der Waals surface area contributed by atoms with E-state index >= 15 is 0 Å². The third kappa shape index (κ3) is 4.73. The fourth-order valence-corrected chi connectivity index (χ4v) is 6.42. The highest BCUT2D eigenvalue weighted by molar-refractivity contribution is 7.89. The van der Waals surface area contributed by atoms with Crippen LogP contribution in [0.4, 0.5) is 5.69 Å². The smallest absolute Gasteiger partial charge is 0.335 e. The van der Waals surface area contributed by atoms with Crippen molar-refractivity contribution in [3.63, 3.8) is 0 Å². The lowest BCUT2D eigenvalue weighted by Gasteiger charge is -2.24. The van der Waals surface area contributed by atoms with Gasteiger partial charge in [0, 0.05) is 6.54 Å².